The summed E-state index contributed by atoms with van der Waals surface area (Å²) in [5, 5.41) is 0. The summed E-state index contributed by atoms with van der Waals surface area (Å²) < 4.78 is 7.87. The second-order valence-electron chi connectivity index (χ2n) is 4.79. The van der Waals surface area contributed by atoms with Gasteiger partial charge in [0, 0.05) is 24.8 Å². The van der Waals surface area contributed by atoms with E-state index >= 15 is 0 Å². The predicted molar refractivity (Wildman–Crippen MR) is 58.0 cm³/mol. The maximum absolute atomic E-state index is 5.45. The number of nitrogens with zero attached hydrogens (tertiary/aromatic N) is 2. The highest BCUT2D eigenvalue weighted by Gasteiger charge is 2.28. The SMILES string of the molecule is Cc1cn(C2CCC2)c(C2CCOC2)n1. The van der Waals surface area contributed by atoms with E-state index in [4.69, 9.17) is 4.74 Å². The van der Waals surface area contributed by atoms with Crippen LogP contribution < -0.4 is 0 Å². The predicted octanol–water partition coefficient (Wildman–Crippen LogP) is 2.42. The van der Waals surface area contributed by atoms with Crippen molar-refractivity contribution in [3.63, 3.8) is 0 Å². The zero-order chi connectivity index (χ0) is 10.3. The summed E-state index contributed by atoms with van der Waals surface area (Å²) in [5.41, 5.74) is 1.16. The van der Waals surface area contributed by atoms with E-state index in [1.54, 1.807) is 0 Å². The van der Waals surface area contributed by atoms with E-state index in [0.29, 0.717) is 5.92 Å². The fraction of sp³-hybridized carbons (Fsp3) is 0.750. The van der Waals surface area contributed by atoms with Crippen molar-refractivity contribution in [3.05, 3.63) is 17.7 Å². The van der Waals surface area contributed by atoms with Gasteiger partial charge in [-0.3, -0.25) is 0 Å². The molecule has 82 valence electrons. The normalized spacial score (nSPS) is 26.9. The summed E-state index contributed by atoms with van der Waals surface area (Å²) in [6.07, 6.45) is 7.40. The second-order valence-corrected chi connectivity index (χ2v) is 4.79. The number of aromatic nitrogens is 2. The van der Waals surface area contributed by atoms with Gasteiger partial charge in [-0.1, -0.05) is 0 Å². The topological polar surface area (TPSA) is 27.1 Å². The lowest BCUT2D eigenvalue weighted by Crippen LogP contribution is -2.20. The van der Waals surface area contributed by atoms with Crippen LogP contribution in [-0.4, -0.2) is 22.8 Å². The molecule has 3 rings (SSSR count). The zero-order valence-electron chi connectivity index (χ0n) is 9.28. The molecule has 15 heavy (non-hydrogen) atoms. The van der Waals surface area contributed by atoms with Crippen LogP contribution in [-0.2, 0) is 4.74 Å². The molecule has 3 heteroatoms. The van der Waals surface area contributed by atoms with E-state index in [1.165, 1.54) is 25.1 Å². The first-order chi connectivity index (χ1) is 7.34. The molecule has 1 aromatic rings. The molecule has 3 nitrogen and oxygen atoms in total. The van der Waals surface area contributed by atoms with Crippen molar-refractivity contribution in [3.8, 4) is 0 Å². The lowest BCUT2D eigenvalue weighted by atomic mass is 9.92. The molecule has 2 aliphatic rings. The Bertz CT molecular complexity index is 349. The van der Waals surface area contributed by atoms with Crippen LogP contribution in [0.25, 0.3) is 0 Å². The van der Waals surface area contributed by atoms with Crippen molar-refractivity contribution in [1.29, 1.82) is 0 Å². The number of rotatable bonds is 2. The van der Waals surface area contributed by atoms with E-state index in [-0.39, 0.29) is 0 Å². The fourth-order valence-electron chi connectivity index (χ4n) is 2.53. The Labute approximate surface area is 90.5 Å². The molecule has 1 saturated carbocycles. The number of hydrogen-bond donors (Lipinski definition) is 0. The van der Waals surface area contributed by atoms with Crippen molar-refractivity contribution < 1.29 is 4.74 Å². The Morgan fingerprint density at radius 3 is 2.87 bits per heavy atom. The summed E-state index contributed by atoms with van der Waals surface area (Å²) in [4.78, 5) is 4.68. The molecule has 0 amide bonds. The molecule has 1 aromatic heterocycles. The average Bonchev–Trinajstić information content (AvgIpc) is 2.70. The second kappa shape index (κ2) is 3.63. The molecule has 1 unspecified atom stereocenters. The number of imidazole rings is 1. The molecular formula is C12H18N2O. The third kappa shape index (κ3) is 1.59. The first-order valence-electron chi connectivity index (χ1n) is 5.97. The third-order valence-corrected chi connectivity index (χ3v) is 3.64. The van der Waals surface area contributed by atoms with Gasteiger partial charge >= 0.3 is 0 Å². The molecule has 2 fully saturated rings. The molecule has 0 spiro atoms. The van der Waals surface area contributed by atoms with Crippen LogP contribution in [0, 0.1) is 6.92 Å². The van der Waals surface area contributed by atoms with Gasteiger partial charge in [-0.2, -0.15) is 0 Å². The standard InChI is InChI=1S/C12H18N2O/c1-9-7-14(11-3-2-4-11)12(13-9)10-5-6-15-8-10/h7,10-11H,2-6,8H2,1H3. The Morgan fingerprint density at radius 1 is 1.40 bits per heavy atom. The van der Waals surface area contributed by atoms with Crippen molar-refractivity contribution in [1.82, 2.24) is 9.55 Å². The van der Waals surface area contributed by atoms with E-state index in [2.05, 4.69) is 22.7 Å². The van der Waals surface area contributed by atoms with Crippen LogP contribution >= 0.6 is 0 Å². The van der Waals surface area contributed by atoms with Crippen molar-refractivity contribution in [2.24, 2.45) is 0 Å². The number of ether oxygens (including phenoxy) is 1. The molecule has 0 N–H and O–H groups in total. The molecule has 2 heterocycles. The minimum Gasteiger partial charge on any atom is -0.381 e. The number of aryl methyl sites for hydroxylation is 1. The summed E-state index contributed by atoms with van der Waals surface area (Å²) >= 11 is 0. The van der Waals surface area contributed by atoms with Gasteiger partial charge in [-0.25, -0.2) is 4.98 Å². The van der Waals surface area contributed by atoms with E-state index in [9.17, 15) is 0 Å². The number of hydrogen-bond acceptors (Lipinski definition) is 2. The lowest BCUT2D eigenvalue weighted by molar-refractivity contribution is 0.191. The molecule has 1 aliphatic carbocycles. The van der Waals surface area contributed by atoms with Crippen molar-refractivity contribution in [2.75, 3.05) is 13.2 Å². The summed E-state index contributed by atoms with van der Waals surface area (Å²) in [6.45, 7) is 3.86. The molecule has 1 atom stereocenters. The Balaban J connectivity index is 1.90. The molecule has 0 aromatic carbocycles. The summed E-state index contributed by atoms with van der Waals surface area (Å²) in [7, 11) is 0. The van der Waals surface area contributed by atoms with E-state index < -0.39 is 0 Å². The quantitative estimate of drug-likeness (QED) is 0.743. The van der Waals surface area contributed by atoms with Gasteiger partial charge in [0.1, 0.15) is 5.82 Å². The smallest absolute Gasteiger partial charge is 0.114 e. The van der Waals surface area contributed by atoms with Gasteiger partial charge < -0.3 is 9.30 Å². The van der Waals surface area contributed by atoms with Crippen LogP contribution in [0.4, 0.5) is 0 Å². The van der Waals surface area contributed by atoms with Gasteiger partial charge in [0.25, 0.3) is 0 Å². The minimum absolute atomic E-state index is 0.541. The highest BCUT2D eigenvalue weighted by atomic mass is 16.5. The Hall–Kier alpha value is -0.830. The van der Waals surface area contributed by atoms with Crippen LogP contribution in [0.1, 0.15) is 49.2 Å². The zero-order valence-corrected chi connectivity index (χ0v) is 9.28. The molecular weight excluding hydrogens is 188 g/mol. The van der Waals surface area contributed by atoms with Gasteiger partial charge in [-0.15, -0.1) is 0 Å². The van der Waals surface area contributed by atoms with Crippen LogP contribution in [0.3, 0.4) is 0 Å². The van der Waals surface area contributed by atoms with E-state index in [0.717, 1.165) is 31.4 Å². The van der Waals surface area contributed by atoms with Crippen LogP contribution in [0.2, 0.25) is 0 Å². The lowest BCUT2D eigenvalue weighted by Gasteiger charge is -2.29. The Kier molecular flexibility index (Phi) is 2.28. The maximum atomic E-state index is 5.45. The highest BCUT2D eigenvalue weighted by Crippen LogP contribution is 2.35. The van der Waals surface area contributed by atoms with Gasteiger partial charge in [0.2, 0.25) is 0 Å². The van der Waals surface area contributed by atoms with Crippen molar-refractivity contribution >= 4 is 0 Å². The monoisotopic (exact) mass is 206 g/mol. The summed E-state index contributed by atoms with van der Waals surface area (Å²) in [6, 6.07) is 0.724. The summed E-state index contributed by atoms with van der Waals surface area (Å²) in [5.74, 6) is 1.81. The van der Waals surface area contributed by atoms with Gasteiger partial charge in [0.05, 0.1) is 12.3 Å². The fourth-order valence-corrected chi connectivity index (χ4v) is 2.53. The third-order valence-electron chi connectivity index (χ3n) is 3.64. The van der Waals surface area contributed by atoms with Gasteiger partial charge in [-0.05, 0) is 32.6 Å². The van der Waals surface area contributed by atoms with E-state index in [1.807, 2.05) is 0 Å². The molecule has 1 saturated heterocycles. The molecule has 0 bridgehead atoms. The largest absolute Gasteiger partial charge is 0.381 e. The first-order valence-corrected chi connectivity index (χ1v) is 5.97. The Morgan fingerprint density at radius 2 is 2.27 bits per heavy atom. The maximum Gasteiger partial charge on any atom is 0.114 e. The first kappa shape index (κ1) is 9.40. The molecule has 1 aliphatic heterocycles. The van der Waals surface area contributed by atoms with Gasteiger partial charge in [0.15, 0.2) is 0 Å². The minimum atomic E-state index is 0.541. The van der Waals surface area contributed by atoms with Crippen LogP contribution in [0.15, 0.2) is 6.20 Å². The average molecular weight is 206 g/mol. The van der Waals surface area contributed by atoms with Crippen LogP contribution in [0.5, 0.6) is 0 Å². The molecule has 0 radical (unpaired) electrons. The highest BCUT2D eigenvalue weighted by molar-refractivity contribution is 5.10. The van der Waals surface area contributed by atoms with Crippen molar-refractivity contribution in [2.45, 2.75) is 44.6 Å².